The highest BCUT2D eigenvalue weighted by molar-refractivity contribution is 6.13. The van der Waals surface area contributed by atoms with E-state index in [0.717, 1.165) is 5.56 Å². The van der Waals surface area contributed by atoms with Gasteiger partial charge in [0.1, 0.15) is 5.75 Å². The van der Waals surface area contributed by atoms with Crippen molar-refractivity contribution in [3.05, 3.63) is 58.7 Å². The highest BCUT2D eigenvalue weighted by atomic mass is 16.6. The number of ketones is 1. The summed E-state index contributed by atoms with van der Waals surface area (Å²) in [5.41, 5.74) is 13.4. The number of carbonyl (C=O) groups excluding carboxylic acids is 1. The molecule has 1 fully saturated rings. The molecule has 0 unspecified atom stereocenters. The van der Waals surface area contributed by atoms with Crippen LogP contribution in [0.1, 0.15) is 52.7 Å². The Kier molecular flexibility index (Phi) is 2.64. The highest BCUT2D eigenvalue weighted by Crippen LogP contribution is 2.58. The van der Waals surface area contributed by atoms with Gasteiger partial charge in [-0.3, -0.25) is 4.79 Å². The molecule has 1 aliphatic heterocycles. The second kappa shape index (κ2) is 4.42. The molecule has 0 aromatic heterocycles. The van der Waals surface area contributed by atoms with E-state index in [-0.39, 0.29) is 5.56 Å². The number of hydrogen-bond donors (Lipinski definition) is 3. The summed E-state index contributed by atoms with van der Waals surface area (Å²) in [6.45, 7) is 2.20. The number of Topliss-reactive ketones (excluding diaryl/α,β-unsaturated/α-hetero) is 1. The van der Waals surface area contributed by atoms with Gasteiger partial charge in [0.05, 0.1) is 5.56 Å². The average molecular weight is 336 g/mol. The van der Waals surface area contributed by atoms with Crippen LogP contribution < -0.4 is 16.2 Å². The third-order valence-corrected chi connectivity index (χ3v) is 6.12. The first-order valence-electron chi connectivity index (χ1n) is 8.66. The van der Waals surface area contributed by atoms with E-state index < -0.39 is 17.1 Å². The number of carbonyl (C=O) groups is 1. The van der Waals surface area contributed by atoms with Gasteiger partial charge < -0.3 is 21.3 Å². The summed E-state index contributed by atoms with van der Waals surface area (Å²) >= 11 is 0. The first-order chi connectivity index (χ1) is 11.9. The predicted molar refractivity (Wildman–Crippen MR) is 93.2 cm³/mol. The molecule has 128 valence electrons. The van der Waals surface area contributed by atoms with Crippen LogP contribution in [0.5, 0.6) is 5.75 Å². The molecule has 2 aliphatic carbocycles. The Bertz CT molecular complexity index is 937. The molecule has 3 atom stereocenters. The van der Waals surface area contributed by atoms with Gasteiger partial charge in [-0.1, -0.05) is 31.2 Å². The minimum Gasteiger partial charge on any atom is -0.455 e. The van der Waals surface area contributed by atoms with Crippen molar-refractivity contribution in [2.45, 2.75) is 37.0 Å². The highest BCUT2D eigenvalue weighted by Gasteiger charge is 2.69. The minimum absolute atomic E-state index is 0.258. The van der Waals surface area contributed by atoms with Crippen LogP contribution in [0, 0.1) is 5.92 Å². The Morgan fingerprint density at radius 2 is 2.00 bits per heavy atom. The summed E-state index contributed by atoms with van der Waals surface area (Å²) in [5.74, 6) is -0.702. The summed E-state index contributed by atoms with van der Waals surface area (Å²) in [5, 5.41) is 11.3. The lowest BCUT2D eigenvalue weighted by Crippen LogP contribution is -2.55. The predicted octanol–water partition coefficient (Wildman–Crippen LogP) is 2.37. The van der Waals surface area contributed by atoms with Gasteiger partial charge in [-0.05, 0) is 42.4 Å². The van der Waals surface area contributed by atoms with Crippen molar-refractivity contribution in [3.63, 3.8) is 0 Å². The van der Waals surface area contributed by atoms with E-state index in [1.807, 2.05) is 18.2 Å². The monoisotopic (exact) mass is 336 g/mol. The first kappa shape index (κ1) is 14.9. The normalized spacial score (nSPS) is 30.4. The lowest BCUT2D eigenvalue weighted by Gasteiger charge is -2.29. The molecular formula is C20H20N2O3. The number of fused-ring (bicyclic) bond motifs is 5. The van der Waals surface area contributed by atoms with Gasteiger partial charge in [0.2, 0.25) is 0 Å². The van der Waals surface area contributed by atoms with Crippen molar-refractivity contribution in [1.82, 2.24) is 0 Å². The van der Waals surface area contributed by atoms with Gasteiger partial charge in [0, 0.05) is 16.8 Å². The first-order valence-corrected chi connectivity index (χ1v) is 8.66. The number of rotatable bonds is 2. The molecule has 1 saturated carbocycles. The largest absolute Gasteiger partial charge is 0.455 e. The molecule has 2 aromatic carbocycles. The number of anilines is 1. The van der Waals surface area contributed by atoms with Gasteiger partial charge in [0.25, 0.3) is 5.79 Å². The zero-order chi connectivity index (χ0) is 17.6. The maximum Gasteiger partial charge on any atom is 0.265 e. The number of nitrogen functional groups attached to an aromatic ring is 1. The fourth-order valence-corrected chi connectivity index (χ4v) is 4.37. The van der Waals surface area contributed by atoms with E-state index in [1.54, 1.807) is 18.2 Å². The van der Waals surface area contributed by atoms with Crippen LogP contribution in [-0.2, 0) is 11.3 Å². The van der Waals surface area contributed by atoms with Crippen molar-refractivity contribution in [2.24, 2.45) is 11.7 Å². The fourth-order valence-electron chi connectivity index (χ4n) is 4.37. The van der Waals surface area contributed by atoms with E-state index in [9.17, 15) is 9.90 Å². The number of nitrogens with two attached hydrogens (primary N) is 2. The molecule has 0 amide bonds. The Labute approximate surface area is 145 Å². The summed E-state index contributed by atoms with van der Waals surface area (Å²) in [6, 6.07) is 10.7. The SMILES string of the molecule is C[C@H](c1ccc2c(c1)O[C@]1(O)c3cccc(N)c3C(=O)[C@]21N)C1CC1. The second-order valence-electron chi connectivity index (χ2n) is 7.53. The Hall–Kier alpha value is -2.37. The molecule has 5 rings (SSSR count). The van der Waals surface area contributed by atoms with E-state index in [1.165, 1.54) is 12.8 Å². The van der Waals surface area contributed by atoms with Crippen molar-refractivity contribution < 1.29 is 14.6 Å². The van der Waals surface area contributed by atoms with Crippen molar-refractivity contribution in [3.8, 4) is 5.75 Å². The average Bonchev–Trinajstić information content (AvgIpc) is 3.38. The van der Waals surface area contributed by atoms with Crippen LogP contribution in [0.2, 0.25) is 0 Å². The summed E-state index contributed by atoms with van der Waals surface area (Å²) in [7, 11) is 0. The molecule has 0 radical (unpaired) electrons. The van der Waals surface area contributed by atoms with Crippen LogP contribution in [0.3, 0.4) is 0 Å². The van der Waals surface area contributed by atoms with Crippen molar-refractivity contribution in [2.75, 3.05) is 5.73 Å². The van der Waals surface area contributed by atoms with E-state index in [4.69, 9.17) is 16.2 Å². The standard InChI is InChI=1S/C20H20N2O3/c1-10(11-5-6-11)12-7-8-13-16(9-12)25-20(24)14-3-2-4-15(21)17(14)18(23)19(13,20)22/h2-4,7-11,24H,5-6,21-22H2,1H3/t10-,19+,20+/m0/s1. The van der Waals surface area contributed by atoms with Crippen LogP contribution >= 0.6 is 0 Å². The quantitative estimate of drug-likeness (QED) is 0.731. The molecule has 0 spiro atoms. The molecule has 1 heterocycles. The van der Waals surface area contributed by atoms with Crippen LogP contribution in [0.4, 0.5) is 5.69 Å². The van der Waals surface area contributed by atoms with Gasteiger partial charge in [-0.2, -0.15) is 0 Å². The molecule has 3 aliphatic rings. The zero-order valence-electron chi connectivity index (χ0n) is 14.0. The number of aliphatic hydroxyl groups is 1. The van der Waals surface area contributed by atoms with Gasteiger partial charge in [-0.25, -0.2) is 0 Å². The van der Waals surface area contributed by atoms with E-state index >= 15 is 0 Å². The molecule has 5 heteroatoms. The van der Waals surface area contributed by atoms with Crippen LogP contribution in [0.25, 0.3) is 0 Å². The van der Waals surface area contributed by atoms with Crippen molar-refractivity contribution >= 4 is 11.5 Å². The summed E-state index contributed by atoms with van der Waals surface area (Å²) in [6.07, 6.45) is 2.49. The third kappa shape index (κ3) is 1.62. The van der Waals surface area contributed by atoms with Gasteiger partial charge >= 0.3 is 0 Å². The maximum atomic E-state index is 13.1. The summed E-state index contributed by atoms with van der Waals surface area (Å²) in [4.78, 5) is 13.1. The number of hydrogen-bond acceptors (Lipinski definition) is 5. The molecule has 0 saturated heterocycles. The molecule has 5 nitrogen and oxygen atoms in total. The van der Waals surface area contributed by atoms with Crippen LogP contribution in [-0.4, -0.2) is 10.9 Å². The molecule has 25 heavy (non-hydrogen) atoms. The zero-order valence-corrected chi connectivity index (χ0v) is 14.0. The third-order valence-electron chi connectivity index (χ3n) is 6.12. The van der Waals surface area contributed by atoms with Crippen molar-refractivity contribution in [1.29, 1.82) is 0 Å². The Morgan fingerprint density at radius 1 is 1.24 bits per heavy atom. The maximum absolute atomic E-state index is 13.1. The number of benzene rings is 2. The smallest absolute Gasteiger partial charge is 0.265 e. The Morgan fingerprint density at radius 3 is 2.72 bits per heavy atom. The number of ether oxygens (including phenoxy) is 1. The minimum atomic E-state index is -1.92. The Balaban J connectivity index is 1.68. The molecule has 2 aromatic rings. The van der Waals surface area contributed by atoms with E-state index in [2.05, 4.69) is 6.92 Å². The molecule has 5 N–H and O–H groups in total. The molecular weight excluding hydrogens is 316 g/mol. The second-order valence-corrected chi connectivity index (χ2v) is 7.53. The van der Waals surface area contributed by atoms with Crippen LogP contribution in [0.15, 0.2) is 36.4 Å². The summed E-state index contributed by atoms with van der Waals surface area (Å²) < 4.78 is 5.92. The fraction of sp³-hybridized carbons (Fsp3) is 0.350. The lowest BCUT2D eigenvalue weighted by molar-refractivity contribution is -0.162. The lowest BCUT2D eigenvalue weighted by atomic mass is 9.83. The van der Waals surface area contributed by atoms with Gasteiger partial charge in [-0.15, -0.1) is 0 Å². The van der Waals surface area contributed by atoms with E-state index in [0.29, 0.717) is 34.4 Å². The van der Waals surface area contributed by atoms with Gasteiger partial charge in [0.15, 0.2) is 11.3 Å². The topological polar surface area (TPSA) is 98.6 Å². The molecule has 0 bridgehead atoms.